The Morgan fingerprint density at radius 3 is 2.79 bits per heavy atom. The van der Waals surface area contributed by atoms with E-state index in [-0.39, 0.29) is 17.9 Å². The molecule has 1 saturated heterocycles. The topological polar surface area (TPSA) is 61.9 Å². The van der Waals surface area contributed by atoms with Crippen LogP contribution in [-0.2, 0) is 9.53 Å². The van der Waals surface area contributed by atoms with Crippen molar-refractivity contribution in [3.63, 3.8) is 0 Å². The number of thiophene rings is 1. The summed E-state index contributed by atoms with van der Waals surface area (Å²) in [5, 5.41) is 5.23. The van der Waals surface area contributed by atoms with Gasteiger partial charge in [-0.2, -0.15) is 0 Å². The van der Waals surface area contributed by atoms with Crippen LogP contribution < -0.4 is 5.32 Å². The molecule has 3 atom stereocenters. The molecule has 1 N–H and O–H groups in total. The third-order valence-corrected chi connectivity index (χ3v) is 8.18. The minimum Gasteiger partial charge on any atom is -0.383 e. The zero-order valence-corrected chi connectivity index (χ0v) is 21.2. The molecule has 34 heavy (non-hydrogen) atoms. The fraction of sp³-hybridized carbons (Fsp3) is 0.556. The van der Waals surface area contributed by atoms with Crippen molar-refractivity contribution in [3.05, 3.63) is 57.8 Å². The molecule has 3 heterocycles. The summed E-state index contributed by atoms with van der Waals surface area (Å²) < 4.78 is 5.30. The predicted molar refractivity (Wildman–Crippen MR) is 136 cm³/mol. The molecule has 0 bridgehead atoms. The number of nitrogens with zero attached hydrogens (tertiary/aromatic N) is 2. The average Bonchev–Trinajstić information content (AvgIpc) is 3.40. The molecule has 1 aromatic carbocycles. The van der Waals surface area contributed by atoms with Crippen molar-refractivity contribution in [2.24, 2.45) is 0 Å². The lowest BCUT2D eigenvalue weighted by molar-refractivity contribution is -0.124. The number of fused-ring (bicyclic) bond motifs is 1. The first-order valence-corrected chi connectivity index (χ1v) is 13.5. The van der Waals surface area contributed by atoms with E-state index in [9.17, 15) is 9.59 Å². The van der Waals surface area contributed by atoms with Crippen molar-refractivity contribution in [1.29, 1.82) is 0 Å². The molecule has 0 unspecified atom stereocenters. The summed E-state index contributed by atoms with van der Waals surface area (Å²) in [5.41, 5.74) is 1.44. The molecular formula is C27H37N3O3S. The fourth-order valence-electron chi connectivity index (χ4n) is 5.51. The molecule has 184 valence electrons. The molecule has 2 aromatic rings. The molecule has 0 radical (unpaired) electrons. The number of ether oxygens (including phenoxy) is 1. The molecule has 6 nitrogen and oxygen atoms in total. The van der Waals surface area contributed by atoms with Gasteiger partial charge in [0.15, 0.2) is 0 Å². The second kappa shape index (κ2) is 12.0. The zero-order valence-electron chi connectivity index (χ0n) is 20.4. The first-order valence-electron chi connectivity index (χ1n) is 12.6. The van der Waals surface area contributed by atoms with Crippen LogP contribution >= 0.6 is 11.3 Å². The van der Waals surface area contributed by atoms with Crippen LogP contribution in [0.3, 0.4) is 0 Å². The maximum atomic E-state index is 13.7. The molecule has 1 aromatic heterocycles. The molecule has 2 aliphatic rings. The van der Waals surface area contributed by atoms with Crippen molar-refractivity contribution >= 4 is 23.2 Å². The Labute approximate surface area is 207 Å². The van der Waals surface area contributed by atoms with Crippen molar-refractivity contribution in [2.45, 2.75) is 57.0 Å². The maximum Gasteiger partial charge on any atom is 0.254 e. The van der Waals surface area contributed by atoms with Gasteiger partial charge in [0.2, 0.25) is 5.91 Å². The van der Waals surface area contributed by atoms with Gasteiger partial charge >= 0.3 is 0 Å². The van der Waals surface area contributed by atoms with E-state index >= 15 is 0 Å². The van der Waals surface area contributed by atoms with Gasteiger partial charge in [0.1, 0.15) is 0 Å². The SMILES string of the molecule is CC[C@@H]1CCCCN1CCCNC(=O)[C@@H]1c2ccccc2C(=O)N(CCOC)[C@@H]1c1cccs1. The second-order valence-electron chi connectivity index (χ2n) is 9.25. The number of benzene rings is 1. The van der Waals surface area contributed by atoms with E-state index in [1.54, 1.807) is 18.4 Å². The smallest absolute Gasteiger partial charge is 0.254 e. The Balaban J connectivity index is 1.51. The molecule has 2 amide bonds. The van der Waals surface area contributed by atoms with E-state index in [2.05, 4.69) is 17.1 Å². The Bertz CT molecular complexity index is 948. The van der Waals surface area contributed by atoms with E-state index in [4.69, 9.17) is 4.74 Å². The van der Waals surface area contributed by atoms with Gasteiger partial charge < -0.3 is 19.9 Å². The van der Waals surface area contributed by atoms with E-state index in [1.807, 2.05) is 46.7 Å². The Kier molecular flexibility index (Phi) is 8.75. The van der Waals surface area contributed by atoms with Crippen LogP contribution in [0.15, 0.2) is 41.8 Å². The number of carbonyl (C=O) groups is 2. The minimum atomic E-state index is -0.442. The number of likely N-dealkylation sites (tertiary alicyclic amines) is 1. The summed E-state index contributed by atoms with van der Waals surface area (Å²) >= 11 is 1.59. The van der Waals surface area contributed by atoms with Crippen LogP contribution in [0.4, 0.5) is 0 Å². The first kappa shape index (κ1) is 24.9. The average molecular weight is 484 g/mol. The highest BCUT2D eigenvalue weighted by atomic mass is 32.1. The molecule has 1 fully saturated rings. The Hall–Kier alpha value is -2.22. The quantitative estimate of drug-likeness (QED) is 0.508. The van der Waals surface area contributed by atoms with Crippen LogP contribution in [0.25, 0.3) is 0 Å². The van der Waals surface area contributed by atoms with Crippen molar-refractivity contribution in [2.75, 3.05) is 39.9 Å². The van der Waals surface area contributed by atoms with Crippen LogP contribution in [0.1, 0.15) is 71.8 Å². The number of hydrogen-bond donors (Lipinski definition) is 1. The predicted octanol–water partition coefficient (Wildman–Crippen LogP) is 4.45. The Morgan fingerprint density at radius 1 is 1.18 bits per heavy atom. The number of hydrogen-bond acceptors (Lipinski definition) is 5. The van der Waals surface area contributed by atoms with Gasteiger partial charge in [-0.15, -0.1) is 11.3 Å². The molecule has 2 aliphatic heterocycles. The zero-order chi connectivity index (χ0) is 23.9. The molecule has 0 saturated carbocycles. The van der Waals surface area contributed by atoms with Gasteiger partial charge in [0.05, 0.1) is 18.6 Å². The number of rotatable bonds is 10. The first-order chi connectivity index (χ1) is 16.7. The number of amides is 2. The lowest BCUT2D eigenvalue weighted by atomic mass is 9.81. The molecular weight excluding hydrogens is 446 g/mol. The summed E-state index contributed by atoms with van der Waals surface area (Å²) in [7, 11) is 1.64. The highest BCUT2D eigenvalue weighted by molar-refractivity contribution is 7.10. The summed E-state index contributed by atoms with van der Waals surface area (Å²) in [6, 6.07) is 11.9. The number of piperidine rings is 1. The van der Waals surface area contributed by atoms with E-state index in [0.717, 1.165) is 23.4 Å². The highest BCUT2D eigenvalue weighted by Gasteiger charge is 2.44. The largest absolute Gasteiger partial charge is 0.383 e. The van der Waals surface area contributed by atoms with Crippen molar-refractivity contribution < 1.29 is 14.3 Å². The lowest BCUT2D eigenvalue weighted by Crippen LogP contribution is -2.48. The van der Waals surface area contributed by atoms with Gasteiger partial charge in [-0.1, -0.05) is 37.6 Å². The number of carbonyl (C=O) groups excluding carboxylic acids is 2. The van der Waals surface area contributed by atoms with Crippen molar-refractivity contribution in [1.82, 2.24) is 15.1 Å². The van der Waals surface area contributed by atoms with Gasteiger partial charge in [-0.3, -0.25) is 9.59 Å². The summed E-state index contributed by atoms with van der Waals surface area (Å²) in [5.74, 6) is -0.486. The van der Waals surface area contributed by atoms with E-state index in [0.29, 0.717) is 31.3 Å². The van der Waals surface area contributed by atoms with Crippen LogP contribution in [-0.4, -0.2) is 67.6 Å². The summed E-state index contributed by atoms with van der Waals surface area (Å²) in [4.78, 5) is 32.5. The molecule has 0 spiro atoms. The summed E-state index contributed by atoms with van der Waals surface area (Å²) in [6.07, 6.45) is 6.02. The highest BCUT2D eigenvalue weighted by Crippen LogP contribution is 2.44. The molecule has 0 aliphatic carbocycles. The molecule has 7 heteroatoms. The van der Waals surface area contributed by atoms with Gasteiger partial charge in [0, 0.05) is 43.2 Å². The monoisotopic (exact) mass is 483 g/mol. The Morgan fingerprint density at radius 2 is 2.03 bits per heavy atom. The van der Waals surface area contributed by atoms with Gasteiger partial charge in [-0.05, 0) is 55.3 Å². The third kappa shape index (κ3) is 5.37. The normalized spacial score (nSPS) is 23.1. The second-order valence-corrected chi connectivity index (χ2v) is 10.2. The third-order valence-electron chi connectivity index (χ3n) is 7.23. The van der Waals surface area contributed by atoms with Crippen LogP contribution in [0.2, 0.25) is 0 Å². The maximum absolute atomic E-state index is 13.7. The number of methoxy groups -OCH3 is 1. The van der Waals surface area contributed by atoms with Gasteiger partial charge in [0.25, 0.3) is 5.91 Å². The summed E-state index contributed by atoms with van der Waals surface area (Å²) in [6.45, 7) is 5.98. The van der Waals surface area contributed by atoms with Crippen LogP contribution in [0, 0.1) is 0 Å². The lowest BCUT2D eigenvalue weighted by Gasteiger charge is -2.41. The van der Waals surface area contributed by atoms with Gasteiger partial charge in [-0.25, -0.2) is 0 Å². The van der Waals surface area contributed by atoms with E-state index in [1.165, 1.54) is 32.2 Å². The number of nitrogens with one attached hydrogen (secondary N) is 1. The standard InChI is InChI=1S/C27H37N3O3S/c1-3-20-10-6-7-15-29(20)16-9-14-28-26(31)24-21-11-4-5-12-22(21)27(32)30(17-18-33-2)25(24)23-13-8-19-34-23/h4-5,8,11-13,19-20,24-25H,3,6-7,9-10,14-18H2,1-2H3,(H,28,31)/t20-,24-,25-/m1/s1. The minimum absolute atomic E-state index is 0.00791. The molecule has 4 rings (SSSR count). The van der Waals surface area contributed by atoms with Crippen LogP contribution in [0.5, 0.6) is 0 Å². The van der Waals surface area contributed by atoms with E-state index < -0.39 is 5.92 Å². The van der Waals surface area contributed by atoms with Crippen molar-refractivity contribution in [3.8, 4) is 0 Å². The fourth-order valence-corrected chi connectivity index (χ4v) is 6.38.